The van der Waals surface area contributed by atoms with Gasteiger partial charge >= 0.3 is 0 Å². The Hall–Kier alpha value is -0.820. The van der Waals surface area contributed by atoms with Crippen LogP contribution in [0.5, 0.6) is 0 Å². The molecule has 2 aromatic carbocycles. The van der Waals surface area contributed by atoms with Crippen LogP contribution in [0.15, 0.2) is 60.7 Å². The zero-order valence-corrected chi connectivity index (χ0v) is 14.5. The molecule has 0 aliphatic rings. The molecule has 2 aromatic rings. The van der Waals surface area contributed by atoms with E-state index in [1.54, 1.807) is 0 Å². The quantitative estimate of drug-likeness (QED) is 0.365. The molecule has 0 aromatic heterocycles. The Morgan fingerprint density at radius 2 is 1.59 bits per heavy atom. The topological polar surface area (TPSA) is 0 Å². The number of hydrogen-bond donors (Lipinski definition) is 0. The maximum atomic E-state index is 3.66. The minimum atomic E-state index is 0. The van der Waals surface area contributed by atoms with Gasteiger partial charge < -0.3 is 0 Å². The molecule has 0 nitrogen and oxygen atoms in total. The molecular weight excluding hydrogens is 371 g/mol. The molecule has 1 heteroatoms. The van der Waals surface area contributed by atoms with Crippen molar-refractivity contribution in [2.75, 3.05) is 0 Å². The van der Waals surface area contributed by atoms with Crippen molar-refractivity contribution in [2.45, 2.75) is 20.8 Å². The van der Waals surface area contributed by atoms with Gasteiger partial charge in [0.15, 0.2) is 0 Å². The Balaban J connectivity index is 0.000000324. The second kappa shape index (κ2) is 7.50. The Bertz CT molecular complexity index is 458. The number of fused-ring (bicyclic) bond motifs is 1. The summed E-state index contributed by atoms with van der Waals surface area (Å²) in [7, 11) is 0. The van der Waals surface area contributed by atoms with E-state index < -0.39 is 0 Å². The fourth-order valence-electron chi connectivity index (χ4n) is 1.31. The van der Waals surface area contributed by atoms with E-state index in [1.807, 2.05) is 13.8 Å². The molecule has 0 bridgehead atoms. The van der Waals surface area contributed by atoms with Crippen molar-refractivity contribution in [2.24, 2.45) is 0 Å². The van der Waals surface area contributed by atoms with Crippen molar-refractivity contribution in [1.29, 1.82) is 0 Å². The van der Waals surface area contributed by atoms with Crippen LogP contribution in [0.3, 0.4) is 0 Å². The molecule has 0 aliphatic heterocycles. The summed E-state index contributed by atoms with van der Waals surface area (Å²) in [5, 5.41) is 2.69. The third-order valence-electron chi connectivity index (χ3n) is 2.49. The van der Waals surface area contributed by atoms with Gasteiger partial charge in [0.2, 0.25) is 0 Å². The number of benzene rings is 1. The number of hydrogen-bond acceptors (Lipinski definition) is 0. The fraction of sp³-hybridized carbons (Fsp3) is 0.188. The van der Waals surface area contributed by atoms with Crippen LogP contribution in [0.25, 0.3) is 10.8 Å². The van der Waals surface area contributed by atoms with Gasteiger partial charge in [-0.15, -0.1) is 40.6 Å². The van der Waals surface area contributed by atoms with E-state index in [2.05, 4.69) is 56.5 Å². The summed E-state index contributed by atoms with van der Waals surface area (Å²) < 4.78 is 0. The van der Waals surface area contributed by atoms with Crippen molar-refractivity contribution >= 4 is 10.8 Å². The first-order chi connectivity index (χ1) is 7.50. The number of rotatable bonds is 1. The van der Waals surface area contributed by atoms with Gasteiger partial charge in [-0.25, -0.2) is 0 Å². The molecule has 0 heterocycles. The summed E-state index contributed by atoms with van der Waals surface area (Å²) >= 11 is 0. The van der Waals surface area contributed by atoms with Crippen LogP contribution in [0.1, 0.15) is 19.4 Å². The Morgan fingerprint density at radius 1 is 1.06 bits per heavy atom. The number of allylic oxidation sites excluding steroid dienone is 2. The van der Waals surface area contributed by atoms with E-state index in [4.69, 9.17) is 0 Å². The molecule has 0 atom stereocenters. The monoisotopic (exact) mass is 391 g/mol. The van der Waals surface area contributed by atoms with Gasteiger partial charge in [0.1, 0.15) is 0 Å². The molecule has 17 heavy (non-hydrogen) atoms. The molecule has 0 saturated carbocycles. The maximum absolute atomic E-state index is 3.66. The summed E-state index contributed by atoms with van der Waals surface area (Å²) in [6.45, 7) is 13.3. The normalized spacial score (nSPS) is 8.88. The van der Waals surface area contributed by atoms with E-state index in [1.165, 1.54) is 16.3 Å². The molecule has 0 amide bonds. The molecule has 0 unspecified atom stereocenters. The van der Waals surface area contributed by atoms with Crippen molar-refractivity contribution < 1.29 is 25.8 Å². The van der Waals surface area contributed by atoms with Crippen LogP contribution >= 0.6 is 0 Å². The van der Waals surface area contributed by atoms with Crippen LogP contribution in [0, 0.1) is 6.92 Å². The Kier molecular flexibility index (Phi) is 7.13. The van der Waals surface area contributed by atoms with Crippen molar-refractivity contribution in [3.63, 3.8) is 0 Å². The standard InChI is InChI=1S/C10H9.C6H10.Hf/c1-8-6-9-4-2-3-5-10(9)7-8;1-5(2)6(3)4;/h2-7H,1H3;1,3H2,2,4H3;/q-1;;. The Labute approximate surface area is 123 Å². The molecule has 0 radical (unpaired) electrons. The second-order valence-electron chi connectivity index (χ2n) is 4.22. The van der Waals surface area contributed by atoms with Gasteiger partial charge in [0.05, 0.1) is 0 Å². The first-order valence-electron chi connectivity index (χ1n) is 5.44. The van der Waals surface area contributed by atoms with Crippen molar-refractivity contribution in [1.82, 2.24) is 0 Å². The zero-order valence-electron chi connectivity index (χ0n) is 10.9. The SMILES string of the molecule is C=C(C)C(=C)C.Cc1cc2ccccc2[cH-]1.[Hf]. The van der Waals surface area contributed by atoms with Gasteiger partial charge in [0, 0.05) is 25.8 Å². The van der Waals surface area contributed by atoms with E-state index in [0.717, 1.165) is 11.1 Å². The second-order valence-corrected chi connectivity index (χ2v) is 4.22. The van der Waals surface area contributed by atoms with Gasteiger partial charge in [-0.2, -0.15) is 6.07 Å². The van der Waals surface area contributed by atoms with E-state index in [-0.39, 0.29) is 25.8 Å². The van der Waals surface area contributed by atoms with Crippen molar-refractivity contribution in [3.8, 4) is 0 Å². The summed E-state index contributed by atoms with van der Waals surface area (Å²) in [4.78, 5) is 0. The van der Waals surface area contributed by atoms with Crippen LogP contribution in [0.2, 0.25) is 0 Å². The summed E-state index contributed by atoms with van der Waals surface area (Å²) in [5.41, 5.74) is 3.48. The molecular formula is C16H19Hf-. The minimum Gasteiger partial charge on any atom is -0.165 e. The molecule has 2 rings (SSSR count). The average molecular weight is 390 g/mol. The molecule has 0 spiro atoms. The first kappa shape index (κ1) is 16.2. The zero-order chi connectivity index (χ0) is 12.1. The average Bonchev–Trinajstić information content (AvgIpc) is 2.58. The van der Waals surface area contributed by atoms with Gasteiger partial charge in [-0.1, -0.05) is 37.3 Å². The predicted molar refractivity (Wildman–Crippen MR) is 73.9 cm³/mol. The van der Waals surface area contributed by atoms with Gasteiger partial charge in [0.25, 0.3) is 0 Å². The van der Waals surface area contributed by atoms with Crippen LogP contribution < -0.4 is 0 Å². The molecule has 0 aliphatic carbocycles. The predicted octanol–water partition coefficient (Wildman–Crippen LogP) is 5.00. The van der Waals surface area contributed by atoms with Crippen molar-refractivity contribution in [3.05, 3.63) is 66.3 Å². The molecule has 0 fully saturated rings. The van der Waals surface area contributed by atoms with Gasteiger partial charge in [-0.3, -0.25) is 0 Å². The molecule has 0 N–H and O–H groups in total. The summed E-state index contributed by atoms with van der Waals surface area (Å²) in [5.74, 6) is 0. The molecule has 0 saturated heterocycles. The third kappa shape index (κ3) is 5.36. The first-order valence-corrected chi connectivity index (χ1v) is 5.44. The van der Waals surface area contributed by atoms with E-state index in [0.29, 0.717) is 0 Å². The van der Waals surface area contributed by atoms with E-state index in [9.17, 15) is 0 Å². The van der Waals surface area contributed by atoms with E-state index >= 15 is 0 Å². The van der Waals surface area contributed by atoms with Gasteiger partial charge in [-0.05, 0) is 13.8 Å². The molecule has 88 valence electrons. The summed E-state index contributed by atoms with van der Waals surface area (Å²) in [6, 6.07) is 12.8. The fourth-order valence-corrected chi connectivity index (χ4v) is 1.31. The van der Waals surface area contributed by atoms with Crippen LogP contribution in [0.4, 0.5) is 0 Å². The smallest absolute Gasteiger partial charge is 0 e. The number of aryl methyl sites for hydroxylation is 1. The van der Waals surface area contributed by atoms with Crippen LogP contribution in [-0.2, 0) is 25.8 Å². The largest absolute Gasteiger partial charge is 0.165 e. The summed E-state index contributed by atoms with van der Waals surface area (Å²) in [6.07, 6.45) is 0. The maximum Gasteiger partial charge on any atom is 0 e. The van der Waals surface area contributed by atoms with Crippen LogP contribution in [-0.4, -0.2) is 0 Å². The Morgan fingerprint density at radius 3 is 2.06 bits per heavy atom. The minimum absolute atomic E-state index is 0. The third-order valence-corrected chi connectivity index (χ3v) is 2.49.